The van der Waals surface area contributed by atoms with Gasteiger partial charge in [-0.05, 0) is 36.4 Å². The van der Waals surface area contributed by atoms with Gasteiger partial charge in [0.2, 0.25) is 0 Å². The number of ether oxygens (including phenoxy) is 1. The summed E-state index contributed by atoms with van der Waals surface area (Å²) < 4.78 is 5.50. The van der Waals surface area contributed by atoms with Crippen LogP contribution in [0.3, 0.4) is 0 Å². The Morgan fingerprint density at radius 1 is 1.20 bits per heavy atom. The average Bonchev–Trinajstić information content (AvgIpc) is 3.28. The van der Waals surface area contributed by atoms with Crippen molar-refractivity contribution in [2.24, 2.45) is 0 Å². The van der Waals surface area contributed by atoms with Crippen LogP contribution >= 0.6 is 22.7 Å². The van der Waals surface area contributed by atoms with Gasteiger partial charge in [0.1, 0.15) is 9.88 Å². The van der Waals surface area contributed by atoms with E-state index in [-0.39, 0.29) is 5.91 Å². The van der Waals surface area contributed by atoms with Crippen molar-refractivity contribution in [3.63, 3.8) is 0 Å². The Labute approximate surface area is 155 Å². The van der Waals surface area contributed by atoms with Crippen LogP contribution in [0.5, 0.6) is 0 Å². The van der Waals surface area contributed by atoms with Gasteiger partial charge in [-0.15, -0.1) is 22.7 Å². The zero-order chi connectivity index (χ0) is 17.6. The van der Waals surface area contributed by atoms with Gasteiger partial charge in [-0.25, -0.2) is 4.98 Å². The molecule has 0 bridgehead atoms. The number of aromatic nitrogens is 1. The Morgan fingerprint density at radius 3 is 2.72 bits per heavy atom. The summed E-state index contributed by atoms with van der Waals surface area (Å²) in [5, 5.41) is 5.92. The van der Waals surface area contributed by atoms with E-state index in [0.29, 0.717) is 24.6 Å². The molecule has 1 amide bonds. The molecule has 4 nitrogen and oxygen atoms in total. The lowest BCUT2D eigenvalue weighted by molar-refractivity contribution is 0.0953. The van der Waals surface area contributed by atoms with Gasteiger partial charge >= 0.3 is 0 Å². The predicted octanol–water partition coefficient (Wildman–Crippen LogP) is 4.65. The van der Waals surface area contributed by atoms with Crippen molar-refractivity contribution in [2.75, 3.05) is 6.61 Å². The van der Waals surface area contributed by atoms with E-state index in [9.17, 15) is 4.79 Å². The number of thiophene rings is 1. The number of aryl methyl sites for hydroxylation is 1. The monoisotopic (exact) mass is 372 g/mol. The van der Waals surface area contributed by atoms with Crippen molar-refractivity contribution in [3.8, 4) is 9.88 Å². The van der Waals surface area contributed by atoms with Gasteiger partial charge in [-0.2, -0.15) is 0 Å². The number of carbonyl (C=O) groups excluding carboxylic acids is 1. The number of carbonyl (C=O) groups is 1. The van der Waals surface area contributed by atoms with Gasteiger partial charge in [-0.3, -0.25) is 4.79 Å². The number of hydrogen-bond donors (Lipinski definition) is 1. The lowest BCUT2D eigenvalue weighted by atomic mass is 10.1. The molecule has 0 atom stereocenters. The van der Waals surface area contributed by atoms with Crippen LogP contribution in [0, 0.1) is 6.92 Å². The zero-order valence-corrected chi connectivity index (χ0v) is 15.9. The number of thiazole rings is 1. The molecule has 0 spiro atoms. The third-order valence-electron chi connectivity index (χ3n) is 3.75. The van der Waals surface area contributed by atoms with E-state index in [1.807, 2.05) is 55.6 Å². The number of hydrogen-bond acceptors (Lipinski definition) is 5. The second-order valence-corrected chi connectivity index (χ2v) is 7.45. The van der Waals surface area contributed by atoms with Crippen molar-refractivity contribution in [1.82, 2.24) is 10.3 Å². The Bertz CT molecular complexity index is 841. The third kappa shape index (κ3) is 4.34. The number of nitrogens with zero attached hydrogens (tertiary/aromatic N) is 1. The molecular formula is C19H20N2O2S2. The van der Waals surface area contributed by atoms with Crippen LogP contribution in [0.4, 0.5) is 0 Å². The summed E-state index contributed by atoms with van der Waals surface area (Å²) in [4.78, 5) is 18.9. The Balaban J connectivity index is 1.69. The maximum Gasteiger partial charge on any atom is 0.263 e. The minimum Gasteiger partial charge on any atom is -0.377 e. The summed E-state index contributed by atoms with van der Waals surface area (Å²) in [5.41, 5.74) is 2.95. The second kappa shape index (κ2) is 8.38. The highest BCUT2D eigenvalue weighted by atomic mass is 32.1. The van der Waals surface area contributed by atoms with E-state index in [1.165, 1.54) is 11.3 Å². The maximum atomic E-state index is 12.6. The highest BCUT2D eigenvalue weighted by Crippen LogP contribution is 2.31. The summed E-state index contributed by atoms with van der Waals surface area (Å²) in [7, 11) is 0. The van der Waals surface area contributed by atoms with E-state index in [0.717, 1.165) is 26.7 Å². The van der Waals surface area contributed by atoms with Crippen LogP contribution in [-0.2, 0) is 17.9 Å². The molecule has 25 heavy (non-hydrogen) atoms. The van der Waals surface area contributed by atoms with Gasteiger partial charge in [-0.1, -0.05) is 30.3 Å². The number of nitrogens with one attached hydrogen (secondary N) is 1. The minimum absolute atomic E-state index is 0.0796. The van der Waals surface area contributed by atoms with Gasteiger partial charge < -0.3 is 10.1 Å². The topological polar surface area (TPSA) is 51.2 Å². The van der Waals surface area contributed by atoms with Crippen molar-refractivity contribution < 1.29 is 9.53 Å². The molecule has 0 aliphatic rings. The molecular weight excluding hydrogens is 352 g/mol. The first kappa shape index (κ1) is 17.8. The Morgan fingerprint density at radius 2 is 2.00 bits per heavy atom. The molecule has 0 fully saturated rings. The average molecular weight is 373 g/mol. The molecule has 1 N–H and O–H groups in total. The molecule has 3 aromatic rings. The Kier molecular flexibility index (Phi) is 5.96. The normalized spacial score (nSPS) is 10.8. The maximum absolute atomic E-state index is 12.6. The van der Waals surface area contributed by atoms with E-state index < -0.39 is 0 Å². The summed E-state index contributed by atoms with van der Waals surface area (Å²) >= 11 is 3.07. The van der Waals surface area contributed by atoms with Crippen LogP contribution < -0.4 is 5.32 Å². The standard InChI is InChI=1S/C19H20N2O2S2/c1-3-23-12-15-8-5-4-7-14(15)11-20-18(22)17-13(2)21-19(25-17)16-9-6-10-24-16/h4-10H,3,11-12H2,1-2H3,(H,20,22). The molecule has 0 saturated heterocycles. The third-order valence-corrected chi connectivity index (χ3v) is 5.95. The molecule has 2 heterocycles. The predicted molar refractivity (Wildman–Crippen MR) is 103 cm³/mol. The number of benzene rings is 1. The zero-order valence-electron chi connectivity index (χ0n) is 14.2. The summed E-state index contributed by atoms with van der Waals surface area (Å²) in [5.74, 6) is -0.0796. The van der Waals surface area contributed by atoms with Crippen LogP contribution in [0.2, 0.25) is 0 Å². The minimum atomic E-state index is -0.0796. The fraction of sp³-hybridized carbons (Fsp3) is 0.263. The van der Waals surface area contributed by atoms with E-state index in [4.69, 9.17) is 4.74 Å². The summed E-state index contributed by atoms with van der Waals surface area (Å²) in [6, 6.07) is 12.0. The van der Waals surface area contributed by atoms with Crippen LogP contribution in [0.1, 0.15) is 33.4 Å². The first-order valence-corrected chi connectivity index (χ1v) is 9.82. The van der Waals surface area contributed by atoms with Crippen molar-refractivity contribution in [1.29, 1.82) is 0 Å². The van der Waals surface area contributed by atoms with Crippen LogP contribution in [0.25, 0.3) is 9.88 Å². The van der Waals surface area contributed by atoms with Crippen LogP contribution in [-0.4, -0.2) is 17.5 Å². The SMILES string of the molecule is CCOCc1ccccc1CNC(=O)c1sc(-c2cccs2)nc1C. The van der Waals surface area contributed by atoms with E-state index in [2.05, 4.69) is 10.3 Å². The molecule has 1 aromatic carbocycles. The summed E-state index contributed by atoms with van der Waals surface area (Å²) in [6.07, 6.45) is 0. The quantitative estimate of drug-likeness (QED) is 0.657. The summed E-state index contributed by atoms with van der Waals surface area (Å²) in [6.45, 7) is 5.57. The fourth-order valence-corrected chi connectivity index (χ4v) is 4.23. The van der Waals surface area contributed by atoms with Gasteiger partial charge in [0, 0.05) is 13.2 Å². The lowest BCUT2D eigenvalue weighted by Gasteiger charge is -2.10. The molecule has 2 aromatic heterocycles. The fourth-order valence-electron chi connectivity index (χ4n) is 2.45. The molecule has 3 rings (SSSR count). The van der Waals surface area contributed by atoms with E-state index in [1.54, 1.807) is 11.3 Å². The lowest BCUT2D eigenvalue weighted by Crippen LogP contribution is -2.23. The van der Waals surface area contributed by atoms with Crippen molar-refractivity contribution in [3.05, 3.63) is 63.5 Å². The highest BCUT2D eigenvalue weighted by Gasteiger charge is 2.16. The molecule has 6 heteroatoms. The van der Waals surface area contributed by atoms with Crippen molar-refractivity contribution >= 4 is 28.6 Å². The molecule has 130 valence electrons. The molecule has 0 unspecified atom stereocenters. The van der Waals surface area contributed by atoms with Crippen molar-refractivity contribution in [2.45, 2.75) is 27.0 Å². The number of rotatable bonds is 7. The van der Waals surface area contributed by atoms with E-state index >= 15 is 0 Å². The molecule has 0 radical (unpaired) electrons. The molecule has 0 aliphatic heterocycles. The smallest absolute Gasteiger partial charge is 0.263 e. The number of amides is 1. The van der Waals surface area contributed by atoms with Gasteiger partial charge in [0.15, 0.2) is 0 Å². The Hall–Kier alpha value is -2.02. The largest absolute Gasteiger partial charge is 0.377 e. The molecule has 0 saturated carbocycles. The van der Waals surface area contributed by atoms with Gasteiger partial charge in [0.05, 0.1) is 17.2 Å². The van der Waals surface area contributed by atoms with Crippen LogP contribution in [0.15, 0.2) is 41.8 Å². The first-order chi connectivity index (χ1) is 12.2. The molecule has 0 aliphatic carbocycles. The second-order valence-electron chi connectivity index (χ2n) is 5.50. The first-order valence-electron chi connectivity index (χ1n) is 8.13. The van der Waals surface area contributed by atoms with Gasteiger partial charge in [0.25, 0.3) is 5.91 Å². The highest BCUT2D eigenvalue weighted by molar-refractivity contribution is 7.22.